The molecule has 0 aromatic carbocycles. The molecule has 0 spiro atoms. The fraction of sp³-hybridized carbons (Fsp3) is 0.950. The zero-order valence-electron chi connectivity index (χ0n) is 17.9. The lowest BCUT2D eigenvalue weighted by molar-refractivity contribution is 0.0132. The summed E-state index contributed by atoms with van der Waals surface area (Å²) < 4.78 is 11.3. The van der Waals surface area contributed by atoms with Gasteiger partial charge in [0.2, 0.25) is 0 Å². The standard InChI is InChI=1S/C20H42N4O2/c1-7-26-19(17(4)5)8-9-22-20(21-6)23-15-18(14-16(2)3)24-10-12-25-13-11-24/h16-19H,7-15H2,1-6H3,(H2,21,22,23). The van der Waals surface area contributed by atoms with Crippen LogP contribution >= 0.6 is 0 Å². The number of hydrogen-bond donors (Lipinski definition) is 2. The SMILES string of the molecule is CCOC(CCNC(=NC)NCC(CC(C)C)N1CCOCC1)C(C)C. The molecule has 1 aliphatic heterocycles. The van der Waals surface area contributed by atoms with Crippen molar-refractivity contribution in [2.45, 2.75) is 59.6 Å². The molecule has 0 saturated carbocycles. The van der Waals surface area contributed by atoms with Gasteiger partial charge in [-0.15, -0.1) is 0 Å². The third-order valence-corrected chi connectivity index (χ3v) is 4.88. The van der Waals surface area contributed by atoms with Crippen LogP contribution < -0.4 is 10.6 Å². The fourth-order valence-corrected chi connectivity index (χ4v) is 3.44. The molecule has 0 aromatic heterocycles. The van der Waals surface area contributed by atoms with Gasteiger partial charge in [0.05, 0.1) is 19.3 Å². The molecule has 2 N–H and O–H groups in total. The number of hydrogen-bond acceptors (Lipinski definition) is 4. The molecule has 0 bridgehead atoms. The molecule has 154 valence electrons. The molecular formula is C20H42N4O2. The first kappa shape index (κ1) is 23.2. The highest BCUT2D eigenvalue weighted by Crippen LogP contribution is 2.13. The van der Waals surface area contributed by atoms with Gasteiger partial charge in [0, 0.05) is 45.9 Å². The third-order valence-electron chi connectivity index (χ3n) is 4.88. The van der Waals surface area contributed by atoms with E-state index in [2.05, 4.69) is 55.1 Å². The van der Waals surface area contributed by atoms with Crippen LogP contribution in [-0.2, 0) is 9.47 Å². The molecule has 0 radical (unpaired) electrons. The number of nitrogens with one attached hydrogen (secondary N) is 2. The van der Waals surface area contributed by atoms with E-state index in [4.69, 9.17) is 9.47 Å². The minimum Gasteiger partial charge on any atom is -0.379 e. The van der Waals surface area contributed by atoms with E-state index < -0.39 is 0 Å². The molecule has 6 nitrogen and oxygen atoms in total. The molecule has 0 aliphatic carbocycles. The predicted molar refractivity (Wildman–Crippen MR) is 110 cm³/mol. The maximum Gasteiger partial charge on any atom is 0.191 e. The second-order valence-corrected chi connectivity index (χ2v) is 7.84. The Hall–Kier alpha value is -0.850. The molecule has 1 heterocycles. The highest BCUT2D eigenvalue weighted by atomic mass is 16.5. The molecule has 0 amide bonds. The van der Waals surface area contributed by atoms with Gasteiger partial charge in [-0.05, 0) is 31.6 Å². The summed E-state index contributed by atoms with van der Waals surface area (Å²) in [5.74, 6) is 2.09. The predicted octanol–water partition coefficient (Wildman–Crippen LogP) is 2.35. The Morgan fingerprint density at radius 1 is 1.15 bits per heavy atom. The van der Waals surface area contributed by atoms with Gasteiger partial charge in [-0.25, -0.2) is 0 Å². The summed E-state index contributed by atoms with van der Waals surface area (Å²) in [5.41, 5.74) is 0. The lowest BCUT2D eigenvalue weighted by atomic mass is 10.0. The zero-order chi connectivity index (χ0) is 19.4. The molecule has 2 atom stereocenters. The highest BCUT2D eigenvalue weighted by Gasteiger charge is 2.22. The minimum atomic E-state index is 0.299. The Labute approximate surface area is 161 Å². The zero-order valence-corrected chi connectivity index (χ0v) is 17.9. The number of rotatable bonds is 11. The van der Waals surface area contributed by atoms with Gasteiger partial charge in [0.1, 0.15) is 0 Å². The van der Waals surface area contributed by atoms with Gasteiger partial charge in [0.25, 0.3) is 0 Å². The van der Waals surface area contributed by atoms with Crippen molar-refractivity contribution in [2.24, 2.45) is 16.8 Å². The monoisotopic (exact) mass is 370 g/mol. The van der Waals surface area contributed by atoms with Crippen molar-refractivity contribution in [3.05, 3.63) is 0 Å². The van der Waals surface area contributed by atoms with Crippen LogP contribution in [0.15, 0.2) is 4.99 Å². The van der Waals surface area contributed by atoms with Crippen LogP contribution in [0.25, 0.3) is 0 Å². The number of nitrogens with zero attached hydrogens (tertiary/aromatic N) is 2. The number of aliphatic imine (C=N–C) groups is 1. The van der Waals surface area contributed by atoms with Crippen LogP contribution in [0.3, 0.4) is 0 Å². The number of ether oxygens (including phenoxy) is 2. The lowest BCUT2D eigenvalue weighted by Gasteiger charge is -2.35. The molecular weight excluding hydrogens is 328 g/mol. The Morgan fingerprint density at radius 2 is 1.85 bits per heavy atom. The Morgan fingerprint density at radius 3 is 2.38 bits per heavy atom. The van der Waals surface area contributed by atoms with Gasteiger partial charge in [-0.3, -0.25) is 9.89 Å². The molecule has 1 saturated heterocycles. The Balaban J connectivity index is 2.43. The van der Waals surface area contributed by atoms with Crippen LogP contribution in [0.2, 0.25) is 0 Å². The molecule has 1 aliphatic rings. The molecule has 6 heteroatoms. The molecule has 0 aromatic rings. The smallest absolute Gasteiger partial charge is 0.191 e. The van der Waals surface area contributed by atoms with Crippen LogP contribution in [0.4, 0.5) is 0 Å². The van der Waals surface area contributed by atoms with Crippen LogP contribution in [0.5, 0.6) is 0 Å². The van der Waals surface area contributed by atoms with E-state index in [1.54, 1.807) is 0 Å². The molecule has 2 unspecified atom stereocenters. The van der Waals surface area contributed by atoms with Crippen LogP contribution in [-0.4, -0.2) is 76.1 Å². The first-order valence-electron chi connectivity index (χ1n) is 10.4. The second-order valence-electron chi connectivity index (χ2n) is 7.84. The molecule has 26 heavy (non-hydrogen) atoms. The number of morpholine rings is 1. The summed E-state index contributed by atoms with van der Waals surface area (Å²) in [6.07, 6.45) is 2.47. The molecule has 1 rings (SSSR count). The fourth-order valence-electron chi connectivity index (χ4n) is 3.44. The van der Waals surface area contributed by atoms with Gasteiger partial charge >= 0.3 is 0 Å². The Kier molecular flexibility index (Phi) is 11.9. The summed E-state index contributed by atoms with van der Waals surface area (Å²) in [4.78, 5) is 6.93. The van der Waals surface area contributed by atoms with Crippen molar-refractivity contribution in [3.8, 4) is 0 Å². The summed E-state index contributed by atoms with van der Waals surface area (Å²) in [7, 11) is 1.84. The number of guanidine groups is 1. The minimum absolute atomic E-state index is 0.299. The largest absolute Gasteiger partial charge is 0.379 e. The summed E-state index contributed by atoms with van der Waals surface area (Å²) in [6.45, 7) is 17.4. The van der Waals surface area contributed by atoms with Crippen molar-refractivity contribution in [1.82, 2.24) is 15.5 Å². The molecule has 1 fully saturated rings. The van der Waals surface area contributed by atoms with Gasteiger partial charge in [-0.2, -0.15) is 0 Å². The van der Waals surface area contributed by atoms with Crippen LogP contribution in [0.1, 0.15) is 47.5 Å². The van der Waals surface area contributed by atoms with E-state index in [0.717, 1.165) is 58.4 Å². The first-order chi connectivity index (χ1) is 12.5. The van der Waals surface area contributed by atoms with E-state index >= 15 is 0 Å². The van der Waals surface area contributed by atoms with E-state index in [1.165, 1.54) is 6.42 Å². The van der Waals surface area contributed by atoms with Crippen molar-refractivity contribution in [2.75, 3.05) is 53.0 Å². The normalized spacial score (nSPS) is 19.0. The summed E-state index contributed by atoms with van der Waals surface area (Å²) in [5, 5.41) is 6.96. The van der Waals surface area contributed by atoms with E-state index in [-0.39, 0.29) is 0 Å². The summed E-state index contributed by atoms with van der Waals surface area (Å²) >= 11 is 0. The quantitative estimate of drug-likeness (QED) is 0.432. The lowest BCUT2D eigenvalue weighted by Crippen LogP contribution is -2.51. The average molecular weight is 371 g/mol. The van der Waals surface area contributed by atoms with Gasteiger partial charge < -0.3 is 20.1 Å². The second kappa shape index (κ2) is 13.3. The van der Waals surface area contributed by atoms with E-state index in [0.29, 0.717) is 24.0 Å². The van der Waals surface area contributed by atoms with Crippen molar-refractivity contribution < 1.29 is 9.47 Å². The van der Waals surface area contributed by atoms with Crippen molar-refractivity contribution in [1.29, 1.82) is 0 Å². The average Bonchev–Trinajstić information content (AvgIpc) is 2.62. The van der Waals surface area contributed by atoms with Crippen molar-refractivity contribution >= 4 is 5.96 Å². The van der Waals surface area contributed by atoms with E-state index in [1.807, 2.05) is 7.05 Å². The van der Waals surface area contributed by atoms with Gasteiger partial charge in [-0.1, -0.05) is 27.7 Å². The maximum atomic E-state index is 5.82. The van der Waals surface area contributed by atoms with E-state index in [9.17, 15) is 0 Å². The highest BCUT2D eigenvalue weighted by molar-refractivity contribution is 5.79. The van der Waals surface area contributed by atoms with Gasteiger partial charge in [0.15, 0.2) is 5.96 Å². The first-order valence-corrected chi connectivity index (χ1v) is 10.4. The Bertz CT molecular complexity index is 382. The van der Waals surface area contributed by atoms with Crippen LogP contribution in [0, 0.1) is 11.8 Å². The summed E-state index contributed by atoms with van der Waals surface area (Å²) in [6, 6.07) is 0.518. The third kappa shape index (κ3) is 9.19. The van der Waals surface area contributed by atoms with Crippen molar-refractivity contribution in [3.63, 3.8) is 0 Å². The topological polar surface area (TPSA) is 58.1 Å². The maximum absolute atomic E-state index is 5.82.